The van der Waals surface area contributed by atoms with E-state index in [1.54, 1.807) is 6.26 Å². The van der Waals surface area contributed by atoms with E-state index in [4.69, 9.17) is 4.42 Å². The monoisotopic (exact) mass is 364 g/mol. The van der Waals surface area contributed by atoms with Crippen molar-refractivity contribution in [1.29, 1.82) is 0 Å². The molecule has 1 fully saturated rings. The molecule has 1 aromatic heterocycles. The van der Waals surface area contributed by atoms with Crippen LogP contribution in [0.2, 0.25) is 0 Å². The van der Waals surface area contributed by atoms with Gasteiger partial charge in [-0.1, -0.05) is 6.07 Å². The molecule has 140 valence electrons. The molecule has 1 aliphatic rings. The van der Waals surface area contributed by atoms with Gasteiger partial charge in [-0.25, -0.2) is 8.78 Å². The third-order valence-corrected chi connectivity index (χ3v) is 4.61. The summed E-state index contributed by atoms with van der Waals surface area (Å²) >= 11 is 0. The lowest BCUT2D eigenvalue weighted by Gasteiger charge is -2.38. The van der Waals surface area contributed by atoms with Crippen LogP contribution in [0.25, 0.3) is 0 Å². The number of nitrogens with zero attached hydrogens (tertiary/aromatic N) is 1. The second-order valence-electron chi connectivity index (χ2n) is 6.62. The van der Waals surface area contributed by atoms with Gasteiger partial charge in [-0.2, -0.15) is 0 Å². The summed E-state index contributed by atoms with van der Waals surface area (Å²) in [5.41, 5.74) is -0.993. The first-order chi connectivity index (χ1) is 12.5. The second-order valence-corrected chi connectivity index (χ2v) is 6.62. The minimum Gasteiger partial charge on any atom is -0.469 e. The van der Waals surface area contributed by atoms with Gasteiger partial charge >= 0.3 is 0 Å². The molecule has 1 saturated heterocycles. The summed E-state index contributed by atoms with van der Waals surface area (Å²) in [6.07, 6.45) is 3.28. The summed E-state index contributed by atoms with van der Waals surface area (Å²) < 4.78 is 31.6. The van der Waals surface area contributed by atoms with Crippen LogP contribution in [0.3, 0.4) is 0 Å². The molecule has 26 heavy (non-hydrogen) atoms. The molecule has 1 aliphatic heterocycles. The molecule has 1 amide bonds. The number of benzene rings is 1. The minimum absolute atomic E-state index is 0.140. The van der Waals surface area contributed by atoms with Gasteiger partial charge in [0.05, 0.1) is 6.26 Å². The molecule has 2 heterocycles. The van der Waals surface area contributed by atoms with Crippen molar-refractivity contribution in [2.24, 2.45) is 0 Å². The Hall–Kier alpha value is -2.25. The Balaban J connectivity index is 1.56. The summed E-state index contributed by atoms with van der Waals surface area (Å²) in [6.45, 7) is 1.34. The van der Waals surface area contributed by atoms with Crippen LogP contribution < -0.4 is 5.32 Å². The number of halogens is 2. The van der Waals surface area contributed by atoms with Gasteiger partial charge in [0.1, 0.15) is 5.76 Å². The smallest absolute Gasteiger partial charge is 0.256 e. The van der Waals surface area contributed by atoms with E-state index in [0.29, 0.717) is 37.9 Å². The highest BCUT2D eigenvalue weighted by molar-refractivity contribution is 5.86. The van der Waals surface area contributed by atoms with E-state index in [9.17, 15) is 18.7 Å². The van der Waals surface area contributed by atoms with Gasteiger partial charge in [-0.15, -0.1) is 0 Å². The Morgan fingerprint density at radius 3 is 2.85 bits per heavy atom. The zero-order valence-corrected chi connectivity index (χ0v) is 14.4. The topological polar surface area (TPSA) is 65.7 Å². The molecule has 2 aromatic rings. The fraction of sp³-hybridized carbons (Fsp3) is 0.421. The maximum atomic E-state index is 13.4. The fourth-order valence-electron chi connectivity index (χ4n) is 3.20. The minimum atomic E-state index is -1.49. The Morgan fingerprint density at radius 2 is 2.12 bits per heavy atom. The quantitative estimate of drug-likeness (QED) is 0.740. The van der Waals surface area contributed by atoms with Gasteiger partial charge in [0.25, 0.3) is 5.91 Å². The summed E-state index contributed by atoms with van der Waals surface area (Å²) in [4.78, 5) is 14.2. The first-order valence-corrected chi connectivity index (χ1v) is 8.67. The number of hydrogen-bond acceptors (Lipinski definition) is 4. The van der Waals surface area contributed by atoms with Gasteiger partial charge < -0.3 is 19.7 Å². The third kappa shape index (κ3) is 4.28. The van der Waals surface area contributed by atoms with Crippen LogP contribution in [0, 0.1) is 11.6 Å². The molecule has 2 N–H and O–H groups in total. The summed E-state index contributed by atoms with van der Waals surface area (Å²) in [6, 6.07) is 7.25. The Labute approximate surface area is 150 Å². The molecular weight excluding hydrogens is 342 g/mol. The van der Waals surface area contributed by atoms with Crippen molar-refractivity contribution in [3.05, 3.63) is 59.6 Å². The summed E-state index contributed by atoms with van der Waals surface area (Å²) in [7, 11) is 0. The molecule has 3 rings (SSSR count). The SMILES string of the molecule is O=C1N(Cc2ccc(F)c(F)c2)CCC[C@@]1(O)CNCCc1ccco1. The van der Waals surface area contributed by atoms with Gasteiger partial charge in [-0.05, 0) is 42.7 Å². The van der Waals surface area contributed by atoms with Crippen molar-refractivity contribution < 1.29 is 23.1 Å². The number of furan rings is 1. The summed E-state index contributed by atoms with van der Waals surface area (Å²) in [5, 5.41) is 13.8. The average Bonchev–Trinajstić information content (AvgIpc) is 3.13. The number of hydrogen-bond donors (Lipinski definition) is 2. The molecular formula is C19H22F2N2O3. The highest BCUT2D eigenvalue weighted by atomic mass is 19.2. The van der Waals surface area contributed by atoms with Gasteiger partial charge in [-0.3, -0.25) is 4.79 Å². The fourth-order valence-corrected chi connectivity index (χ4v) is 3.20. The van der Waals surface area contributed by atoms with Crippen molar-refractivity contribution in [1.82, 2.24) is 10.2 Å². The lowest BCUT2D eigenvalue weighted by molar-refractivity contribution is -0.157. The first-order valence-electron chi connectivity index (χ1n) is 8.67. The van der Waals surface area contributed by atoms with Crippen LogP contribution in [0.15, 0.2) is 41.0 Å². The number of aliphatic hydroxyl groups is 1. The molecule has 0 aliphatic carbocycles. The van der Waals surface area contributed by atoms with Crippen molar-refractivity contribution in [2.45, 2.75) is 31.4 Å². The van der Waals surface area contributed by atoms with E-state index in [1.165, 1.54) is 11.0 Å². The van der Waals surface area contributed by atoms with E-state index in [1.807, 2.05) is 12.1 Å². The zero-order valence-electron chi connectivity index (χ0n) is 14.4. The van der Waals surface area contributed by atoms with Crippen molar-refractivity contribution in [2.75, 3.05) is 19.6 Å². The highest BCUT2D eigenvalue weighted by Gasteiger charge is 2.41. The molecule has 7 heteroatoms. The average molecular weight is 364 g/mol. The Kier molecular flexibility index (Phi) is 5.68. The molecule has 1 atom stereocenters. The van der Waals surface area contributed by atoms with Gasteiger partial charge in [0.2, 0.25) is 0 Å². The standard InChI is InChI=1S/C19H22F2N2O3/c20-16-5-4-14(11-17(16)21)12-23-9-2-7-19(25,18(23)24)13-22-8-6-15-3-1-10-26-15/h1,3-5,10-11,22,25H,2,6-9,12-13H2/t19-/m1/s1. The van der Waals surface area contributed by atoms with Crippen LogP contribution in [0.5, 0.6) is 0 Å². The summed E-state index contributed by atoms with van der Waals surface area (Å²) in [5.74, 6) is -1.42. The molecule has 0 radical (unpaired) electrons. The largest absolute Gasteiger partial charge is 0.469 e. The number of amides is 1. The number of likely N-dealkylation sites (tertiary alicyclic amines) is 1. The normalized spacial score (nSPS) is 20.6. The number of rotatable bonds is 7. The second kappa shape index (κ2) is 7.97. The molecule has 0 unspecified atom stereocenters. The lowest BCUT2D eigenvalue weighted by Crippen LogP contribution is -2.57. The van der Waals surface area contributed by atoms with Crippen molar-refractivity contribution in [3.63, 3.8) is 0 Å². The van der Waals surface area contributed by atoms with E-state index in [0.717, 1.165) is 17.9 Å². The zero-order chi connectivity index (χ0) is 18.6. The number of piperidine rings is 1. The van der Waals surface area contributed by atoms with Crippen LogP contribution in [-0.4, -0.2) is 41.1 Å². The van der Waals surface area contributed by atoms with E-state index in [2.05, 4.69) is 5.32 Å². The lowest BCUT2D eigenvalue weighted by atomic mass is 9.91. The molecule has 0 bridgehead atoms. The molecule has 0 saturated carbocycles. The Bertz CT molecular complexity index is 751. The number of carbonyl (C=O) groups is 1. The van der Waals surface area contributed by atoms with Crippen molar-refractivity contribution >= 4 is 5.91 Å². The first kappa shape index (κ1) is 18.5. The van der Waals surface area contributed by atoms with Gasteiger partial charge in [0, 0.05) is 32.6 Å². The predicted octanol–water partition coefficient (Wildman–Crippen LogP) is 2.24. The van der Waals surface area contributed by atoms with E-state index < -0.39 is 17.2 Å². The van der Waals surface area contributed by atoms with Crippen LogP contribution >= 0.6 is 0 Å². The predicted molar refractivity (Wildman–Crippen MR) is 91.2 cm³/mol. The van der Waals surface area contributed by atoms with Crippen LogP contribution in [0.4, 0.5) is 8.78 Å². The maximum Gasteiger partial charge on any atom is 0.256 e. The molecule has 0 spiro atoms. The maximum absolute atomic E-state index is 13.4. The third-order valence-electron chi connectivity index (χ3n) is 4.61. The van der Waals surface area contributed by atoms with Crippen molar-refractivity contribution in [3.8, 4) is 0 Å². The van der Waals surface area contributed by atoms with Crippen LogP contribution in [-0.2, 0) is 17.8 Å². The highest BCUT2D eigenvalue weighted by Crippen LogP contribution is 2.24. The van der Waals surface area contributed by atoms with Gasteiger partial charge in [0.15, 0.2) is 17.2 Å². The van der Waals surface area contributed by atoms with E-state index >= 15 is 0 Å². The van der Waals surface area contributed by atoms with Crippen LogP contribution in [0.1, 0.15) is 24.2 Å². The number of nitrogens with one attached hydrogen (secondary N) is 1. The Morgan fingerprint density at radius 1 is 1.27 bits per heavy atom. The van der Waals surface area contributed by atoms with E-state index in [-0.39, 0.29) is 19.0 Å². The number of carbonyl (C=O) groups excluding carboxylic acids is 1. The molecule has 5 nitrogen and oxygen atoms in total. The molecule has 1 aromatic carbocycles.